The first kappa shape index (κ1) is 20.4. The van der Waals surface area contributed by atoms with Crippen LogP contribution in [0.5, 0.6) is 5.75 Å². The minimum Gasteiger partial charge on any atom is -0.482 e. The number of ether oxygens (including phenoxy) is 2. The molecular formula is C24H25NO4. The molecule has 0 atom stereocenters. The van der Waals surface area contributed by atoms with Gasteiger partial charge < -0.3 is 14.4 Å². The van der Waals surface area contributed by atoms with Gasteiger partial charge in [0.1, 0.15) is 5.75 Å². The zero-order valence-corrected chi connectivity index (χ0v) is 17.0. The highest BCUT2D eigenvalue weighted by atomic mass is 16.6. The van der Waals surface area contributed by atoms with Crippen molar-refractivity contribution in [2.45, 2.75) is 20.4 Å². The molecule has 0 saturated carbocycles. The van der Waals surface area contributed by atoms with Gasteiger partial charge in [-0.2, -0.15) is 0 Å². The first-order valence-electron chi connectivity index (χ1n) is 9.49. The summed E-state index contributed by atoms with van der Waals surface area (Å²) in [5, 5.41) is 2.13. The number of hydrogen-bond acceptors (Lipinski definition) is 4. The molecule has 3 aromatic rings. The van der Waals surface area contributed by atoms with Crippen LogP contribution >= 0.6 is 0 Å². The van der Waals surface area contributed by atoms with E-state index in [2.05, 4.69) is 6.07 Å². The Balaban J connectivity index is 1.45. The zero-order valence-electron chi connectivity index (χ0n) is 17.0. The lowest BCUT2D eigenvalue weighted by Gasteiger charge is -2.18. The molecule has 0 N–H and O–H groups in total. The van der Waals surface area contributed by atoms with Crippen LogP contribution in [0, 0.1) is 13.8 Å². The monoisotopic (exact) mass is 391 g/mol. The van der Waals surface area contributed by atoms with E-state index in [-0.39, 0.29) is 19.1 Å². The van der Waals surface area contributed by atoms with Gasteiger partial charge in [0.15, 0.2) is 13.2 Å². The second kappa shape index (κ2) is 9.24. The van der Waals surface area contributed by atoms with Crippen molar-refractivity contribution in [3.63, 3.8) is 0 Å². The van der Waals surface area contributed by atoms with Crippen molar-refractivity contribution in [1.82, 2.24) is 4.90 Å². The van der Waals surface area contributed by atoms with Gasteiger partial charge in [0.05, 0.1) is 0 Å². The molecule has 29 heavy (non-hydrogen) atoms. The third kappa shape index (κ3) is 5.57. The highest BCUT2D eigenvalue weighted by Crippen LogP contribution is 2.20. The Morgan fingerprint density at radius 2 is 1.66 bits per heavy atom. The Kier molecular flexibility index (Phi) is 6.50. The summed E-state index contributed by atoms with van der Waals surface area (Å²) in [5.74, 6) is -0.255. The lowest BCUT2D eigenvalue weighted by atomic mass is 10.1. The molecule has 0 aliphatic rings. The predicted molar refractivity (Wildman–Crippen MR) is 113 cm³/mol. The largest absolute Gasteiger partial charge is 0.482 e. The van der Waals surface area contributed by atoms with Gasteiger partial charge in [0, 0.05) is 13.6 Å². The fourth-order valence-corrected chi connectivity index (χ4v) is 3.06. The number of amides is 1. The van der Waals surface area contributed by atoms with E-state index in [1.54, 1.807) is 18.0 Å². The first-order valence-corrected chi connectivity index (χ1v) is 9.49. The predicted octanol–water partition coefficient (Wildman–Crippen LogP) is 4.04. The molecule has 0 fully saturated rings. The van der Waals surface area contributed by atoms with Crippen molar-refractivity contribution >= 4 is 22.6 Å². The number of fused-ring (bicyclic) bond motifs is 1. The maximum absolute atomic E-state index is 12.3. The van der Waals surface area contributed by atoms with E-state index in [0.29, 0.717) is 12.3 Å². The average molecular weight is 391 g/mol. The van der Waals surface area contributed by atoms with E-state index in [1.165, 1.54) is 5.56 Å². The van der Waals surface area contributed by atoms with Crippen molar-refractivity contribution < 1.29 is 19.1 Å². The van der Waals surface area contributed by atoms with Crippen LogP contribution in [0.15, 0.2) is 60.7 Å². The fraction of sp³-hybridized carbons (Fsp3) is 0.250. The van der Waals surface area contributed by atoms with E-state index in [0.717, 1.165) is 21.9 Å². The number of benzene rings is 3. The molecule has 0 aromatic heterocycles. The summed E-state index contributed by atoms with van der Waals surface area (Å²) in [7, 11) is 1.70. The Bertz CT molecular complexity index is 1030. The minimum absolute atomic E-state index is 0.244. The Hall–Kier alpha value is -3.34. The second-order valence-corrected chi connectivity index (χ2v) is 7.14. The first-order chi connectivity index (χ1) is 13.9. The molecule has 0 heterocycles. The van der Waals surface area contributed by atoms with Gasteiger partial charge in [-0.05, 0) is 47.9 Å². The van der Waals surface area contributed by atoms with Crippen molar-refractivity contribution in [3.8, 4) is 5.75 Å². The van der Waals surface area contributed by atoms with Gasteiger partial charge in [0.2, 0.25) is 0 Å². The van der Waals surface area contributed by atoms with Crippen molar-refractivity contribution in [2.24, 2.45) is 0 Å². The van der Waals surface area contributed by atoms with E-state index in [1.807, 2.05) is 62.4 Å². The molecule has 3 aromatic carbocycles. The molecule has 150 valence electrons. The van der Waals surface area contributed by atoms with Gasteiger partial charge in [-0.15, -0.1) is 0 Å². The molecule has 3 rings (SSSR count). The molecule has 0 spiro atoms. The maximum Gasteiger partial charge on any atom is 0.344 e. The standard InChI is InChI=1S/C24H25NO4/c1-17-8-9-21(18(2)12-17)14-25(3)23(26)15-29-24(27)16-28-22-11-10-19-6-4-5-7-20(19)13-22/h4-13H,14-16H2,1-3H3. The van der Waals surface area contributed by atoms with Crippen LogP contribution in [0.1, 0.15) is 16.7 Å². The minimum atomic E-state index is -0.577. The topological polar surface area (TPSA) is 55.8 Å². The molecule has 0 radical (unpaired) electrons. The smallest absolute Gasteiger partial charge is 0.344 e. The quantitative estimate of drug-likeness (QED) is 0.571. The zero-order chi connectivity index (χ0) is 20.8. The molecule has 5 heteroatoms. The fourth-order valence-electron chi connectivity index (χ4n) is 3.06. The molecule has 0 unspecified atom stereocenters. The van der Waals surface area contributed by atoms with Crippen LogP contribution in [0.4, 0.5) is 0 Å². The number of rotatable bonds is 7. The lowest BCUT2D eigenvalue weighted by molar-refractivity contribution is -0.153. The van der Waals surface area contributed by atoms with Gasteiger partial charge in [-0.25, -0.2) is 4.79 Å². The SMILES string of the molecule is Cc1ccc(CN(C)C(=O)COC(=O)COc2ccc3ccccc3c2)c(C)c1. The number of aryl methyl sites for hydroxylation is 2. The number of esters is 1. The van der Waals surface area contributed by atoms with Crippen LogP contribution < -0.4 is 4.74 Å². The van der Waals surface area contributed by atoms with E-state index in [4.69, 9.17) is 9.47 Å². The Labute approximate surface area is 170 Å². The molecule has 0 saturated heterocycles. The number of hydrogen-bond donors (Lipinski definition) is 0. The Morgan fingerprint density at radius 3 is 2.41 bits per heavy atom. The molecule has 5 nitrogen and oxygen atoms in total. The third-order valence-corrected chi connectivity index (χ3v) is 4.77. The molecule has 1 amide bonds. The summed E-state index contributed by atoms with van der Waals surface area (Å²) in [6.45, 7) is 3.97. The summed E-state index contributed by atoms with van der Waals surface area (Å²) in [6.07, 6.45) is 0. The number of likely N-dealkylation sites (N-methyl/N-ethyl adjacent to an activating group) is 1. The third-order valence-electron chi connectivity index (χ3n) is 4.77. The number of nitrogens with zero attached hydrogens (tertiary/aromatic N) is 1. The summed E-state index contributed by atoms with van der Waals surface area (Å²) in [6, 6.07) is 19.6. The molecule has 0 aliphatic carbocycles. The summed E-state index contributed by atoms with van der Waals surface area (Å²) < 4.78 is 10.6. The lowest BCUT2D eigenvalue weighted by Crippen LogP contribution is -2.31. The Morgan fingerprint density at radius 1 is 0.897 bits per heavy atom. The van der Waals surface area contributed by atoms with Crippen molar-refractivity contribution in [3.05, 3.63) is 77.4 Å². The molecular weight excluding hydrogens is 366 g/mol. The average Bonchev–Trinajstić information content (AvgIpc) is 2.72. The van der Waals surface area contributed by atoms with Gasteiger partial charge in [-0.3, -0.25) is 4.79 Å². The highest BCUT2D eigenvalue weighted by Gasteiger charge is 2.14. The highest BCUT2D eigenvalue weighted by molar-refractivity contribution is 5.84. The summed E-state index contributed by atoms with van der Waals surface area (Å²) in [4.78, 5) is 25.7. The van der Waals surface area contributed by atoms with Crippen LogP contribution in [0.25, 0.3) is 10.8 Å². The summed E-state index contributed by atoms with van der Waals surface area (Å²) >= 11 is 0. The van der Waals surface area contributed by atoms with Gasteiger partial charge in [-0.1, -0.05) is 54.1 Å². The van der Waals surface area contributed by atoms with Crippen LogP contribution in [0.3, 0.4) is 0 Å². The number of carbonyl (C=O) groups excluding carboxylic acids is 2. The normalized spacial score (nSPS) is 10.6. The van der Waals surface area contributed by atoms with Gasteiger partial charge >= 0.3 is 5.97 Å². The van der Waals surface area contributed by atoms with E-state index in [9.17, 15) is 9.59 Å². The van der Waals surface area contributed by atoms with Crippen LogP contribution in [-0.2, 0) is 20.9 Å². The van der Waals surface area contributed by atoms with E-state index >= 15 is 0 Å². The summed E-state index contributed by atoms with van der Waals surface area (Å²) in [5.41, 5.74) is 3.38. The molecule has 0 aliphatic heterocycles. The molecule has 0 bridgehead atoms. The van der Waals surface area contributed by atoms with Gasteiger partial charge in [0.25, 0.3) is 5.91 Å². The van der Waals surface area contributed by atoms with Crippen molar-refractivity contribution in [2.75, 3.05) is 20.3 Å². The number of carbonyl (C=O) groups is 2. The van der Waals surface area contributed by atoms with Crippen LogP contribution in [0.2, 0.25) is 0 Å². The van der Waals surface area contributed by atoms with Crippen molar-refractivity contribution in [1.29, 1.82) is 0 Å². The maximum atomic E-state index is 12.3. The van der Waals surface area contributed by atoms with Crippen LogP contribution in [-0.4, -0.2) is 37.0 Å². The second-order valence-electron chi connectivity index (χ2n) is 7.14. The van der Waals surface area contributed by atoms with E-state index < -0.39 is 5.97 Å².